The Kier molecular flexibility index (Phi) is 5.82. The molecule has 0 spiro atoms. The molecule has 1 aromatic carbocycles. The number of carbonyl (C=O) groups excluding carboxylic acids is 1. The van der Waals surface area contributed by atoms with Crippen molar-refractivity contribution in [3.8, 4) is 0 Å². The number of quaternary nitrogens is 1. The molecular weight excluding hydrogens is 394 g/mol. The van der Waals surface area contributed by atoms with Gasteiger partial charge in [0.2, 0.25) is 10.0 Å². The van der Waals surface area contributed by atoms with Gasteiger partial charge in [-0.2, -0.15) is 15.6 Å². The topological polar surface area (TPSA) is 62.1 Å². The minimum Gasteiger partial charge on any atom is -0.328 e. The monoisotopic (exact) mass is 420 g/mol. The molecule has 2 aromatic rings. The first kappa shape index (κ1) is 19.6. The summed E-state index contributed by atoms with van der Waals surface area (Å²) in [6, 6.07) is 8.59. The highest BCUT2D eigenvalue weighted by Crippen LogP contribution is 2.21. The Morgan fingerprint density at radius 2 is 1.68 bits per heavy atom. The van der Waals surface area contributed by atoms with Crippen molar-refractivity contribution in [2.75, 3.05) is 39.3 Å². The number of rotatable bonds is 5. The van der Waals surface area contributed by atoms with Crippen molar-refractivity contribution in [1.82, 2.24) is 9.21 Å². The lowest BCUT2D eigenvalue weighted by Crippen LogP contribution is -3.13. The van der Waals surface area contributed by atoms with Crippen molar-refractivity contribution >= 4 is 27.3 Å². The zero-order valence-electron chi connectivity index (χ0n) is 15.8. The zero-order chi connectivity index (χ0) is 19.6. The lowest BCUT2D eigenvalue weighted by atomic mass is 10.2. The molecule has 1 aromatic heterocycles. The predicted octanol–water partition coefficient (Wildman–Crippen LogP) is 1.07. The van der Waals surface area contributed by atoms with E-state index in [4.69, 9.17) is 0 Å². The molecule has 2 aliphatic rings. The Morgan fingerprint density at radius 1 is 1.00 bits per heavy atom. The standard InChI is InChI=1S/C20H25N3O3S2/c24-20(22-12-10-21(11-13-22)15-17-7-14-27-16-17)18-3-5-19(6-4-18)28(25,26)23-8-1-2-9-23/h3-7,14,16H,1-2,8-13,15H2/p+1. The van der Waals surface area contributed by atoms with Crippen molar-refractivity contribution in [2.24, 2.45) is 0 Å². The second-order valence-corrected chi connectivity index (χ2v) is 10.2. The molecule has 2 saturated heterocycles. The van der Waals surface area contributed by atoms with Crippen LogP contribution in [0.3, 0.4) is 0 Å². The van der Waals surface area contributed by atoms with Crippen LogP contribution >= 0.6 is 11.3 Å². The highest BCUT2D eigenvalue weighted by Gasteiger charge is 2.28. The van der Waals surface area contributed by atoms with Gasteiger partial charge in [-0.1, -0.05) is 0 Å². The summed E-state index contributed by atoms with van der Waals surface area (Å²) in [6.07, 6.45) is 1.83. The van der Waals surface area contributed by atoms with Gasteiger partial charge in [-0.05, 0) is 53.9 Å². The minimum absolute atomic E-state index is 0.0142. The highest BCUT2D eigenvalue weighted by atomic mass is 32.2. The molecule has 0 radical (unpaired) electrons. The van der Waals surface area contributed by atoms with Crippen LogP contribution in [0, 0.1) is 0 Å². The number of sulfonamides is 1. The van der Waals surface area contributed by atoms with E-state index in [2.05, 4.69) is 16.8 Å². The average molecular weight is 421 g/mol. The maximum atomic E-state index is 12.8. The second-order valence-electron chi connectivity index (χ2n) is 7.49. The quantitative estimate of drug-likeness (QED) is 0.787. The second kappa shape index (κ2) is 8.32. The number of amides is 1. The smallest absolute Gasteiger partial charge is 0.254 e. The molecular formula is C20H26N3O3S2+. The van der Waals surface area contributed by atoms with E-state index in [1.54, 1.807) is 35.6 Å². The average Bonchev–Trinajstić information content (AvgIpc) is 3.43. The summed E-state index contributed by atoms with van der Waals surface area (Å²) in [4.78, 5) is 16.4. The van der Waals surface area contributed by atoms with Crippen LogP contribution < -0.4 is 4.90 Å². The van der Waals surface area contributed by atoms with Crippen molar-refractivity contribution in [3.05, 3.63) is 52.2 Å². The van der Waals surface area contributed by atoms with Gasteiger partial charge < -0.3 is 9.80 Å². The van der Waals surface area contributed by atoms with Gasteiger partial charge in [0, 0.05) is 24.2 Å². The van der Waals surface area contributed by atoms with E-state index in [9.17, 15) is 13.2 Å². The molecule has 0 unspecified atom stereocenters. The number of thiophene rings is 1. The fraction of sp³-hybridized carbons (Fsp3) is 0.450. The van der Waals surface area contributed by atoms with Gasteiger partial charge >= 0.3 is 0 Å². The maximum Gasteiger partial charge on any atom is 0.254 e. The van der Waals surface area contributed by atoms with Crippen LogP contribution in [0.15, 0.2) is 46.0 Å². The van der Waals surface area contributed by atoms with Crippen molar-refractivity contribution in [3.63, 3.8) is 0 Å². The SMILES string of the molecule is O=C(c1ccc(S(=O)(=O)N2CCCC2)cc1)N1CC[NH+](Cc2ccsc2)CC1. The van der Waals surface area contributed by atoms with Crippen LogP contribution in [0.4, 0.5) is 0 Å². The normalized spacial score (nSPS) is 19.2. The molecule has 0 saturated carbocycles. The molecule has 6 nitrogen and oxygen atoms in total. The Morgan fingerprint density at radius 3 is 2.29 bits per heavy atom. The summed E-state index contributed by atoms with van der Waals surface area (Å²) in [7, 11) is -3.43. The van der Waals surface area contributed by atoms with E-state index in [1.165, 1.54) is 14.8 Å². The van der Waals surface area contributed by atoms with E-state index in [0.29, 0.717) is 18.7 Å². The molecule has 4 rings (SSSR count). The molecule has 0 atom stereocenters. The largest absolute Gasteiger partial charge is 0.328 e. The fourth-order valence-corrected chi connectivity index (χ4v) is 6.10. The Balaban J connectivity index is 1.36. The van der Waals surface area contributed by atoms with Crippen molar-refractivity contribution in [1.29, 1.82) is 0 Å². The number of hydrogen-bond acceptors (Lipinski definition) is 4. The van der Waals surface area contributed by atoms with E-state index in [0.717, 1.165) is 45.6 Å². The number of benzene rings is 1. The summed E-state index contributed by atoms with van der Waals surface area (Å²) in [5.74, 6) is -0.0142. The maximum absolute atomic E-state index is 12.8. The van der Waals surface area contributed by atoms with E-state index >= 15 is 0 Å². The first-order chi connectivity index (χ1) is 13.5. The highest BCUT2D eigenvalue weighted by molar-refractivity contribution is 7.89. The Labute approximate surface area is 170 Å². The molecule has 2 aliphatic heterocycles. The van der Waals surface area contributed by atoms with Crippen LogP contribution in [-0.4, -0.2) is 62.8 Å². The van der Waals surface area contributed by atoms with Gasteiger partial charge in [0.25, 0.3) is 5.91 Å². The third-order valence-electron chi connectivity index (χ3n) is 5.60. The molecule has 0 bridgehead atoms. The molecule has 8 heteroatoms. The third-order valence-corrected chi connectivity index (χ3v) is 8.24. The van der Waals surface area contributed by atoms with Crippen LogP contribution in [0.5, 0.6) is 0 Å². The van der Waals surface area contributed by atoms with E-state index in [-0.39, 0.29) is 10.8 Å². The fourth-order valence-electron chi connectivity index (χ4n) is 3.91. The predicted molar refractivity (Wildman–Crippen MR) is 109 cm³/mol. The van der Waals surface area contributed by atoms with Crippen molar-refractivity contribution in [2.45, 2.75) is 24.3 Å². The van der Waals surface area contributed by atoms with E-state index < -0.39 is 10.0 Å². The van der Waals surface area contributed by atoms with E-state index in [1.807, 2.05) is 4.90 Å². The van der Waals surface area contributed by atoms with Gasteiger partial charge in [0.1, 0.15) is 6.54 Å². The van der Waals surface area contributed by atoms with Gasteiger partial charge in [0.05, 0.1) is 31.1 Å². The van der Waals surface area contributed by atoms with Gasteiger partial charge in [-0.15, -0.1) is 0 Å². The molecule has 150 valence electrons. The number of nitrogens with zero attached hydrogens (tertiary/aromatic N) is 2. The summed E-state index contributed by atoms with van der Waals surface area (Å²) in [5.41, 5.74) is 1.91. The number of carbonyl (C=O) groups is 1. The first-order valence-electron chi connectivity index (χ1n) is 9.78. The van der Waals surface area contributed by atoms with Gasteiger partial charge in [0.15, 0.2) is 0 Å². The lowest BCUT2D eigenvalue weighted by Gasteiger charge is -2.32. The van der Waals surface area contributed by atoms with Crippen LogP contribution in [0.25, 0.3) is 0 Å². The number of hydrogen-bond donors (Lipinski definition) is 1. The molecule has 1 amide bonds. The molecule has 2 fully saturated rings. The van der Waals surface area contributed by atoms with Crippen LogP contribution in [0.2, 0.25) is 0 Å². The Hall–Kier alpha value is -1.74. The van der Waals surface area contributed by atoms with Crippen LogP contribution in [-0.2, 0) is 16.6 Å². The summed E-state index contributed by atoms with van der Waals surface area (Å²) < 4.78 is 26.8. The first-order valence-corrected chi connectivity index (χ1v) is 12.2. The van der Waals surface area contributed by atoms with Gasteiger partial charge in [-0.25, -0.2) is 8.42 Å². The Bertz CT molecular complexity index is 897. The van der Waals surface area contributed by atoms with Crippen molar-refractivity contribution < 1.29 is 18.1 Å². The summed E-state index contributed by atoms with van der Waals surface area (Å²) >= 11 is 1.72. The number of piperazine rings is 1. The third kappa shape index (κ3) is 4.15. The molecule has 0 aliphatic carbocycles. The minimum atomic E-state index is -3.43. The summed E-state index contributed by atoms with van der Waals surface area (Å²) in [5, 5.41) is 4.28. The lowest BCUT2D eigenvalue weighted by molar-refractivity contribution is -0.917. The van der Waals surface area contributed by atoms with Crippen LogP contribution in [0.1, 0.15) is 28.8 Å². The molecule has 3 heterocycles. The molecule has 1 N–H and O–H groups in total. The summed E-state index contributed by atoms with van der Waals surface area (Å²) in [6.45, 7) is 5.50. The van der Waals surface area contributed by atoms with Gasteiger partial charge in [-0.3, -0.25) is 4.79 Å². The number of nitrogens with one attached hydrogen (secondary N) is 1. The zero-order valence-corrected chi connectivity index (χ0v) is 17.5. The molecule has 28 heavy (non-hydrogen) atoms.